The van der Waals surface area contributed by atoms with Gasteiger partial charge in [-0.25, -0.2) is 0 Å². The lowest BCUT2D eigenvalue weighted by molar-refractivity contribution is 0.164. The van der Waals surface area contributed by atoms with Crippen LogP contribution in [0, 0.1) is 0 Å². The molecule has 1 aliphatic carbocycles. The van der Waals surface area contributed by atoms with E-state index in [1.54, 1.807) is 6.20 Å². The number of hydrogen-bond acceptors (Lipinski definition) is 2. The molecule has 0 radical (unpaired) electrons. The molecule has 1 heterocycles. The van der Waals surface area contributed by atoms with Gasteiger partial charge in [0.25, 0.3) is 0 Å². The smallest absolute Gasteiger partial charge is 0.0609 e. The largest absolute Gasteiger partial charge is 0.392 e. The zero-order valence-corrected chi connectivity index (χ0v) is 6.33. The zero-order chi connectivity index (χ0) is 7.68. The van der Waals surface area contributed by atoms with Crippen LogP contribution >= 0.6 is 0 Å². The third kappa shape index (κ3) is 1.16. The average molecular weight is 152 g/mol. The van der Waals surface area contributed by atoms with Gasteiger partial charge in [-0.1, -0.05) is 6.42 Å². The summed E-state index contributed by atoms with van der Waals surface area (Å²) in [7, 11) is 0. The van der Waals surface area contributed by atoms with Crippen LogP contribution in [0.4, 0.5) is 0 Å². The van der Waals surface area contributed by atoms with Gasteiger partial charge in [0.05, 0.1) is 12.3 Å². The van der Waals surface area contributed by atoms with Gasteiger partial charge in [0, 0.05) is 12.1 Å². The van der Waals surface area contributed by atoms with E-state index < -0.39 is 0 Å². The summed E-state index contributed by atoms with van der Waals surface area (Å²) < 4.78 is 0. The molecule has 3 nitrogen and oxygen atoms in total. The molecule has 0 amide bonds. The molecule has 11 heavy (non-hydrogen) atoms. The van der Waals surface area contributed by atoms with Crippen molar-refractivity contribution >= 4 is 0 Å². The van der Waals surface area contributed by atoms with Gasteiger partial charge >= 0.3 is 0 Å². The van der Waals surface area contributed by atoms with Crippen LogP contribution in [-0.4, -0.2) is 21.4 Å². The van der Waals surface area contributed by atoms with E-state index in [1.807, 2.05) is 6.20 Å². The number of aromatic nitrogens is 2. The number of nitrogens with zero attached hydrogens (tertiary/aromatic N) is 1. The van der Waals surface area contributed by atoms with Crippen molar-refractivity contribution in [2.75, 3.05) is 0 Å². The molecule has 1 aromatic heterocycles. The second-order valence-corrected chi connectivity index (χ2v) is 3.14. The Hall–Kier alpha value is -0.830. The molecule has 1 aromatic rings. The van der Waals surface area contributed by atoms with E-state index in [-0.39, 0.29) is 6.10 Å². The van der Waals surface area contributed by atoms with Crippen molar-refractivity contribution in [2.24, 2.45) is 0 Å². The van der Waals surface area contributed by atoms with Crippen LogP contribution in [0.3, 0.4) is 0 Å². The molecule has 0 aromatic carbocycles. The molecular weight excluding hydrogens is 140 g/mol. The second kappa shape index (κ2) is 2.66. The highest BCUT2D eigenvalue weighted by molar-refractivity contribution is 5.13. The van der Waals surface area contributed by atoms with Crippen LogP contribution in [0.15, 0.2) is 12.4 Å². The maximum atomic E-state index is 9.52. The van der Waals surface area contributed by atoms with E-state index in [1.165, 1.54) is 0 Å². The van der Waals surface area contributed by atoms with E-state index in [0.29, 0.717) is 5.92 Å². The summed E-state index contributed by atoms with van der Waals surface area (Å²) in [6.45, 7) is 0. The lowest BCUT2D eigenvalue weighted by Crippen LogP contribution is -2.09. The Morgan fingerprint density at radius 1 is 1.55 bits per heavy atom. The Morgan fingerprint density at radius 3 is 3.00 bits per heavy atom. The predicted octanol–water partition coefficient (Wildman–Crippen LogP) is 1.04. The van der Waals surface area contributed by atoms with Crippen molar-refractivity contribution in [1.82, 2.24) is 10.2 Å². The maximum absolute atomic E-state index is 9.52. The van der Waals surface area contributed by atoms with Crippen molar-refractivity contribution in [2.45, 2.75) is 31.3 Å². The van der Waals surface area contributed by atoms with E-state index in [9.17, 15) is 5.11 Å². The summed E-state index contributed by atoms with van der Waals surface area (Å²) in [6.07, 6.45) is 6.71. The number of nitrogens with one attached hydrogen (secondary N) is 1. The molecule has 1 aliphatic rings. The van der Waals surface area contributed by atoms with Crippen LogP contribution in [0.1, 0.15) is 30.7 Å². The van der Waals surface area contributed by atoms with E-state index >= 15 is 0 Å². The van der Waals surface area contributed by atoms with Crippen LogP contribution < -0.4 is 0 Å². The molecule has 60 valence electrons. The fourth-order valence-electron chi connectivity index (χ4n) is 1.79. The Labute approximate surface area is 65.4 Å². The van der Waals surface area contributed by atoms with Crippen LogP contribution in [0.25, 0.3) is 0 Å². The van der Waals surface area contributed by atoms with Crippen molar-refractivity contribution in [3.8, 4) is 0 Å². The minimum absolute atomic E-state index is 0.146. The van der Waals surface area contributed by atoms with Gasteiger partial charge in [0.15, 0.2) is 0 Å². The fourth-order valence-corrected chi connectivity index (χ4v) is 1.79. The minimum Gasteiger partial charge on any atom is -0.392 e. The van der Waals surface area contributed by atoms with Crippen LogP contribution in [-0.2, 0) is 0 Å². The zero-order valence-electron chi connectivity index (χ0n) is 6.33. The average Bonchev–Trinajstić information content (AvgIpc) is 2.55. The highest BCUT2D eigenvalue weighted by Crippen LogP contribution is 2.33. The molecule has 1 saturated carbocycles. The molecule has 3 heteroatoms. The van der Waals surface area contributed by atoms with Crippen molar-refractivity contribution in [3.05, 3.63) is 18.0 Å². The summed E-state index contributed by atoms with van der Waals surface area (Å²) in [4.78, 5) is 0. The van der Waals surface area contributed by atoms with Gasteiger partial charge in [0.2, 0.25) is 0 Å². The molecule has 0 bridgehead atoms. The first-order valence-electron chi connectivity index (χ1n) is 4.04. The molecule has 1 fully saturated rings. The highest BCUT2D eigenvalue weighted by atomic mass is 16.3. The first-order valence-corrected chi connectivity index (χ1v) is 4.04. The number of H-pyrrole nitrogens is 1. The van der Waals surface area contributed by atoms with Gasteiger partial charge in [-0.05, 0) is 18.4 Å². The Kier molecular flexibility index (Phi) is 1.66. The SMILES string of the molecule is O[C@H]1CCC[C@@H]1c1cn[nH]c1. The first kappa shape index (κ1) is 6.85. The van der Waals surface area contributed by atoms with E-state index in [4.69, 9.17) is 0 Å². The van der Waals surface area contributed by atoms with Crippen molar-refractivity contribution in [1.29, 1.82) is 0 Å². The number of hydrogen-bond donors (Lipinski definition) is 2. The minimum atomic E-state index is -0.146. The monoisotopic (exact) mass is 152 g/mol. The Bertz CT molecular complexity index is 220. The molecule has 2 N–H and O–H groups in total. The number of aliphatic hydroxyl groups is 1. The molecule has 2 atom stereocenters. The van der Waals surface area contributed by atoms with Gasteiger partial charge in [0.1, 0.15) is 0 Å². The van der Waals surface area contributed by atoms with E-state index in [0.717, 1.165) is 24.8 Å². The third-order valence-corrected chi connectivity index (χ3v) is 2.43. The summed E-state index contributed by atoms with van der Waals surface area (Å²) in [5, 5.41) is 16.2. The molecule has 0 unspecified atom stereocenters. The summed E-state index contributed by atoms with van der Waals surface area (Å²) >= 11 is 0. The first-order chi connectivity index (χ1) is 5.38. The van der Waals surface area contributed by atoms with Gasteiger partial charge in [-0.3, -0.25) is 5.10 Å². The third-order valence-electron chi connectivity index (χ3n) is 2.43. The fraction of sp³-hybridized carbons (Fsp3) is 0.625. The van der Waals surface area contributed by atoms with Crippen LogP contribution in [0.2, 0.25) is 0 Å². The topological polar surface area (TPSA) is 48.9 Å². The molecule has 0 saturated heterocycles. The lowest BCUT2D eigenvalue weighted by atomic mass is 9.99. The Morgan fingerprint density at radius 2 is 2.45 bits per heavy atom. The van der Waals surface area contributed by atoms with E-state index in [2.05, 4.69) is 10.2 Å². The molecule has 2 rings (SSSR count). The van der Waals surface area contributed by atoms with Crippen LogP contribution in [0.5, 0.6) is 0 Å². The maximum Gasteiger partial charge on any atom is 0.0609 e. The highest BCUT2D eigenvalue weighted by Gasteiger charge is 2.26. The van der Waals surface area contributed by atoms with Gasteiger partial charge in [-0.2, -0.15) is 5.10 Å². The normalized spacial score (nSPS) is 31.0. The van der Waals surface area contributed by atoms with Crippen molar-refractivity contribution < 1.29 is 5.11 Å². The molecular formula is C8H12N2O. The van der Waals surface area contributed by atoms with Gasteiger partial charge < -0.3 is 5.11 Å². The number of aliphatic hydroxyl groups excluding tert-OH is 1. The number of aromatic amines is 1. The predicted molar refractivity (Wildman–Crippen MR) is 41.2 cm³/mol. The molecule has 0 spiro atoms. The Balaban J connectivity index is 2.16. The second-order valence-electron chi connectivity index (χ2n) is 3.14. The standard InChI is InChI=1S/C8H12N2O/c11-8-3-1-2-7(8)6-4-9-10-5-6/h4-5,7-8,11H,1-3H2,(H,9,10)/t7-,8+/m1/s1. The van der Waals surface area contributed by atoms with Gasteiger partial charge in [-0.15, -0.1) is 0 Å². The quantitative estimate of drug-likeness (QED) is 0.631. The number of rotatable bonds is 1. The molecule has 0 aliphatic heterocycles. The summed E-state index contributed by atoms with van der Waals surface area (Å²) in [6, 6.07) is 0. The summed E-state index contributed by atoms with van der Waals surface area (Å²) in [5.74, 6) is 0.328. The van der Waals surface area contributed by atoms with Crippen molar-refractivity contribution in [3.63, 3.8) is 0 Å². The summed E-state index contributed by atoms with van der Waals surface area (Å²) in [5.41, 5.74) is 1.15. The lowest BCUT2D eigenvalue weighted by Gasteiger charge is -2.10.